The third kappa shape index (κ3) is 4.21. The van der Waals surface area contributed by atoms with Gasteiger partial charge in [-0.3, -0.25) is 0 Å². The molecule has 0 unspecified atom stereocenters. The first-order chi connectivity index (χ1) is 14.0. The second-order valence-electron chi connectivity index (χ2n) is 7.63. The molecular formula is C25H22F2O2. The SMILES string of the molecule is C=CC1CCC(c2ccc(C(=O)Oc3ccc4cc(F)c(F)cc4c3)cc2)CC1. The van der Waals surface area contributed by atoms with Gasteiger partial charge in [-0.2, -0.15) is 0 Å². The Balaban J connectivity index is 1.45. The molecule has 1 fully saturated rings. The topological polar surface area (TPSA) is 26.3 Å². The van der Waals surface area contributed by atoms with Gasteiger partial charge in [0.05, 0.1) is 5.56 Å². The van der Waals surface area contributed by atoms with Crippen molar-refractivity contribution in [2.24, 2.45) is 5.92 Å². The molecule has 0 radical (unpaired) electrons. The molecule has 0 amide bonds. The normalized spacial score (nSPS) is 19.1. The zero-order valence-electron chi connectivity index (χ0n) is 16.0. The third-order valence-electron chi connectivity index (χ3n) is 5.78. The van der Waals surface area contributed by atoms with Crippen molar-refractivity contribution < 1.29 is 18.3 Å². The molecule has 0 saturated heterocycles. The van der Waals surface area contributed by atoms with Crippen LogP contribution < -0.4 is 4.74 Å². The molecule has 29 heavy (non-hydrogen) atoms. The highest BCUT2D eigenvalue weighted by Crippen LogP contribution is 2.36. The van der Waals surface area contributed by atoms with E-state index in [1.807, 2.05) is 18.2 Å². The van der Waals surface area contributed by atoms with E-state index >= 15 is 0 Å². The van der Waals surface area contributed by atoms with Crippen molar-refractivity contribution in [2.75, 3.05) is 0 Å². The average molecular weight is 392 g/mol. The number of hydrogen-bond donors (Lipinski definition) is 0. The average Bonchev–Trinajstić information content (AvgIpc) is 2.75. The molecule has 0 spiro atoms. The van der Waals surface area contributed by atoms with Crippen LogP contribution in [-0.4, -0.2) is 5.97 Å². The Kier molecular flexibility index (Phi) is 5.43. The number of rotatable bonds is 4. The fraction of sp³-hybridized carbons (Fsp3) is 0.240. The van der Waals surface area contributed by atoms with Crippen LogP contribution in [0.1, 0.15) is 47.5 Å². The van der Waals surface area contributed by atoms with Crippen LogP contribution in [-0.2, 0) is 0 Å². The molecule has 0 atom stereocenters. The van der Waals surface area contributed by atoms with Gasteiger partial charge in [-0.15, -0.1) is 6.58 Å². The van der Waals surface area contributed by atoms with Gasteiger partial charge in [0.2, 0.25) is 0 Å². The molecule has 4 rings (SSSR count). The maximum absolute atomic E-state index is 13.5. The number of benzene rings is 3. The van der Waals surface area contributed by atoms with E-state index in [0.717, 1.165) is 37.8 Å². The van der Waals surface area contributed by atoms with Crippen LogP contribution in [0.25, 0.3) is 10.8 Å². The maximum Gasteiger partial charge on any atom is 0.343 e. The number of halogens is 2. The first-order valence-electron chi connectivity index (χ1n) is 9.87. The van der Waals surface area contributed by atoms with Crippen molar-refractivity contribution in [3.05, 3.63) is 90.0 Å². The predicted octanol–water partition coefficient (Wildman–Crippen LogP) is 6.80. The summed E-state index contributed by atoms with van der Waals surface area (Å²) in [5.74, 6) is -0.882. The standard InChI is InChI=1S/C25H22F2O2/c1-2-16-3-5-17(6-4-16)18-7-9-19(10-8-18)25(28)29-22-12-11-20-14-23(26)24(27)15-21(20)13-22/h2,7-17H,1,3-6H2. The summed E-state index contributed by atoms with van der Waals surface area (Å²) in [6.07, 6.45) is 6.63. The van der Waals surface area contributed by atoms with E-state index < -0.39 is 17.6 Å². The van der Waals surface area contributed by atoms with Crippen molar-refractivity contribution in [3.8, 4) is 5.75 Å². The molecule has 3 aromatic carbocycles. The van der Waals surface area contributed by atoms with Gasteiger partial charge in [-0.25, -0.2) is 13.6 Å². The van der Waals surface area contributed by atoms with Crippen molar-refractivity contribution >= 4 is 16.7 Å². The van der Waals surface area contributed by atoms with Crippen LogP contribution in [0.3, 0.4) is 0 Å². The lowest BCUT2D eigenvalue weighted by Gasteiger charge is -2.26. The smallest absolute Gasteiger partial charge is 0.343 e. The lowest BCUT2D eigenvalue weighted by Crippen LogP contribution is -2.12. The molecular weight excluding hydrogens is 370 g/mol. The molecule has 3 aromatic rings. The summed E-state index contributed by atoms with van der Waals surface area (Å²) < 4.78 is 32.2. The minimum atomic E-state index is -0.932. The summed E-state index contributed by atoms with van der Waals surface area (Å²) in [4.78, 5) is 12.5. The molecule has 148 valence electrons. The van der Waals surface area contributed by atoms with Crippen molar-refractivity contribution in [2.45, 2.75) is 31.6 Å². The number of esters is 1. The van der Waals surface area contributed by atoms with Gasteiger partial charge in [-0.1, -0.05) is 24.3 Å². The van der Waals surface area contributed by atoms with E-state index in [9.17, 15) is 13.6 Å². The second-order valence-corrected chi connectivity index (χ2v) is 7.63. The van der Waals surface area contributed by atoms with Gasteiger partial charge in [0.1, 0.15) is 5.75 Å². The highest BCUT2D eigenvalue weighted by molar-refractivity contribution is 5.92. The van der Waals surface area contributed by atoms with Crippen LogP contribution in [0.15, 0.2) is 67.3 Å². The van der Waals surface area contributed by atoms with E-state index in [1.54, 1.807) is 24.3 Å². The van der Waals surface area contributed by atoms with Crippen molar-refractivity contribution in [1.29, 1.82) is 0 Å². The first kappa shape index (κ1) is 19.3. The number of ether oxygens (including phenoxy) is 1. The highest BCUT2D eigenvalue weighted by atomic mass is 19.2. The molecule has 0 heterocycles. The van der Waals surface area contributed by atoms with E-state index in [2.05, 4.69) is 6.58 Å². The zero-order chi connectivity index (χ0) is 20.4. The number of fused-ring (bicyclic) bond motifs is 1. The predicted molar refractivity (Wildman–Crippen MR) is 110 cm³/mol. The van der Waals surface area contributed by atoms with E-state index in [4.69, 9.17) is 4.74 Å². The van der Waals surface area contributed by atoms with E-state index in [1.165, 1.54) is 11.6 Å². The van der Waals surface area contributed by atoms with Crippen LogP contribution >= 0.6 is 0 Å². The Hall–Kier alpha value is -3.01. The second kappa shape index (κ2) is 8.16. The Morgan fingerprint density at radius 1 is 0.897 bits per heavy atom. The highest BCUT2D eigenvalue weighted by Gasteiger charge is 2.21. The molecule has 2 nitrogen and oxygen atoms in total. The number of carbonyl (C=O) groups excluding carboxylic acids is 1. The summed E-state index contributed by atoms with van der Waals surface area (Å²) in [6, 6.07) is 14.5. The van der Waals surface area contributed by atoms with Crippen LogP contribution in [0, 0.1) is 17.6 Å². The Bertz CT molecular complexity index is 1050. The molecule has 1 aliphatic carbocycles. The van der Waals surface area contributed by atoms with Crippen molar-refractivity contribution in [3.63, 3.8) is 0 Å². The fourth-order valence-electron chi connectivity index (χ4n) is 4.03. The largest absolute Gasteiger partial charge is 0.423 e. The van der Waals surface area contributed by atoms with Gasteiger partial charge >= 0.3 is 5.97 Å². The molecule has 4 heteroatoms. The van der Waals surface area contributed by atoms with Gasteiger partial charge in [0.15, 0.2) is 11.6 Å². The third-order valence-corrected chi connectivity index (χ3v) is 5.78. The maximum atomic E-state index is 13.5. The molecule has 1 saturated carbocycles. The summed E-state index contributed by atoms with van der Waals surface area (Å²) in [7, 11) is 0. The quantitative estimate of drug-likeness (QED) is 0.277. The first-order valence-corrected chi connectivity index (χ1v) is 9.87. The Morgan fingerprint density at radius 2 is 1.55 bits per heavy atom. The Morgan fingerprint density at radius 3 is 2.21 bits per heavy atom. The van der Waals surface area contributed by atoms with Gasteiger partial charge in [-0.05, 0) is 90.3 Å². The van der Waals surface area contributed by atoms with Crippen molar-refractivity contribution in [1.82, 2.24) is 0 Å². The lowest BCUT2D eigenvalue weighted by atomic mass is 9.79. The summed E-state index contributed by atoms with van der Waals surface area (Å²) in [5.41, 5.74) is 1.70. The van der Waals surface area contributed by atoms with Crippen LogP contribution in [0.5, 0.6) is 5.75 Å². The molecule has 1 aliphatic rings. The monoisotopic (exact) mass is 392 g/mol. The van der Waals surface area contributed by atoms with E-state index in [0.29, 0.717) is 33.9 Å². The summed E-state index contributed by atoms with van der Waals surface area (Å²) >= 11 is 0. The number of carbonyl (C=O) groups is 1. The van der Waals surface area contributed by atoms with Gasteiger partial charge in [0, 0.05) is 0 Å². The number of allylic oxidation sites excluding steroid dienone is 1. The molecule has 0 aliphatic heterocycles. The molecule has 0 N–H and O–H groups in total. The van der Waals surface area contributed by atoms with Gasteiger partial charge in [0.25, 0.3) is 0 Å². The molecule has 0 aromatic heterocycles. The van der Waals surface area contributed by atoms with E-state index in [-0.39, 0.29) is 0 Å². The zero-order valence-corrected chi connectivity index (χ0v) is 16.0. The summed E-state index contributed by atoms with van der Waals surface area (Å²) in [6.45, 7) is 3.89. The Labute approximate surface area is 168 Å². The number of hydrogen-bond acceptors (Lipinski definition) is 2. The fourth-order valence-corrected chi connectivity index (χ4v) is 4.03. The summed E-state index contributed by atoms with van der Waals surface area (Å²) in [5, 5.41) is 1.01. The minimum absolute atomic E-state index is 0.292. The van der Waals surface area contributed by atoms with Crippen LogP contribution in [0.4, 0.5) is 8.78 Å². The lowest BCUT2D eigenvalue weighted by molar-refractivity contribution is 0.0735. The van der Waals surface area contributed by atoms with Crippen LogP contribution in [0.2, 0.25) is 0 Å². The minimum Gasteiger partial charge on any atom is -0.423 e. The van der Waals surface area contributed by atoms with Gasteiger partial charge < -0.3 is 4.74 Å². The molecule has 0 bridgehead atoms.